The molecular weight excluding hydrogens is 336 g/mol. The van der Waals surface area contributed by atoms with Crippen molar-refractivity contribution in [3.05, 3.63) is 46.3 Å². The highest BCUT2D eigenvalue weighted by atomic mass is 35.5. The van der Waals surface area contributed by atoms with Crippen LogP contribution in [-0.2, 0) is 12.8 Å². The largest absolute Gasteiger partial charge is 0.350 e. The molecule has 0 aliphatic heterocycles. The smallest absolute Gasteiger partial charge is 0.272 e. The SMILES string of the molecule is Cc1ccc(-n2nc(C(=O)NCC(C)CN)c3c2CCC3)c(C)c1.Cl. The van der Waals surface area contributed by atoms with Crippen molar-refractivity contribution in [1.29, 1.82) is 0 Å². The molecule has 1 aliphatic carbocycles. The molecule has 3 N–H and O–H groups in total. The molecule has 0 fully saturated rings. The van der Waals surface area contributed by atoms with Crippen LogP contribution in [0.1, 0.15) is 46.2 Å². The van der Waals surface area contributed by atoms with Crippen molar-refractivity contribution in [3.63, 3.8) is 0 Å². The number of rotatable bonds is 5. The molecule has 3 rings (SSSR count). The number of nitrogens with one attached hydrogen (secondary N) is 1. The molecule has 6 heteroatoms. The Morgan fingerprint density at radius 1 is 1.36 bits per heavy atom. The summed E-state index contributed by atoms with van der Waals surface area (Å²) in [5, 5.41) is 7.64. The molecule has 1 aromatic heterocycles. The van der Waals surface area contributed by atoms with Crippen LogP contribution in [-0.4, -0.2) is 28.8 Å². The zero-order valence-corrected chi connectivity index (χ0v) is 15.9. The van der Waals surface area contributed by atoms with Gasteiger partial charge in [0, 0.05) is 17.8 Å². The summed E-state index contributed by atoms with van der Waals surface area (Å²) in [5.74, 6) is 0.181. The van der Waals surface area contributed by atoms with Crippen LogP contribution in [0.3, 0.4) is 0 Å². The highest BCUT2D eigenvalue weighted by molar-refractivity contribution is 5.94. The van der Waals surface area contributed by atoms with E-state index in [2.05, 4.69) is 42.5 Å². The summed E-state index contributed by atoms with van der Waals surface area (Å²) >= 11 is 0. The fraction of sp³-hybridized carbons (Fsp3) is 0.474. The Morgan fingerprint density at radius 3 is 2.80 bits per heavy atom. The highest BCUT2D eigenvalue weighted by Gasteiger charge is 2.27. The molecule has 1 aromatic carbocycles. The predicted molar refractivity (Wildman–Crippen MR) is 103 cm³/mol. The van der Waals surface area contributed by atoms with Gasteiger partial charge in [-0.15, -0.1) is 12.4 Å². The standard InChI is InChI=1S/C19H26N4O.ClH/c1-12-7-8-16(14(3)9-12)23-17-6-4-5-15(17)18(22-23)19(24)21-11-13(2)10-20;/h7-9,13H,4-6,10-11,20H2,1-3H3,(H,21,24);1H. The van der Waals surface area contributed by atoms with Gasteiger partial charge in [0.15, 0.2) is 5.69 Å². The zero-order chi connectivity index (χ0) is 17.3. The number of hydrogen-bond donors (Lipinski definition) is 2. The summed E-state index contributed by atoms with van der Waals surface area (Å²) in [4.78, 5) is 12.6. The second-order valence-corrected chi connectivity index (χ2v) is 6.88. The van der Waals surface area contributed by atoms with Crippen LogP contribution in [0.4, 0.5) is 0 Å². The van der Waals surface area contributed by atoms with Gasteiger partial charge in [-0.25, -0.2) is 4.68 Å². The molecular formula is C19H27ClN4O. The summed E-state index contributed by atoms with van der Waals surface area (Å²) < 4.78 is 1.97. The molecule has 5 nitrogen and oxygen atoms in total. The summed E-state index contributed by atoms with van der Waals surface area (Å²) in [6, 6.07) is 6.34. The van der Waals surface area contributed by atoms with Gasteiger partial charge in [0.2, 0.25) is 0 Å². The van der Waals surface area contributed by atoms with E-state index < -0.39 is 0 Å². The highest BCUT2D eigenvalue weighted by Crippen LogP contribution is 2.29. The zero-order valence-electron chi connectivity index (χ0n) is 15.1. The van der Waals surface area contributed by atoms with Crippen LogP contribution in [0.25, 0.3) is 5.69 Å². The average molecular weight is 363 g/mol. The number of aromatic nitrogens is 2. The third kappa shape index (κ3) is 3.88. The minimum atomic E-state index is -0.0861. The number of aryl methyl sites for hydroxylation is 2. The molecule has 0 saturated heterocycles. The maximum absolute atomic E-state index is 12.6. The van der Waals surface area contributed by atoms with Gasteiger partial charge in [-0.05, 0) is 57.2 Å². The second-order valence-electron chi connectivity index (χ2n) is 6.88. The first kappa shape index (κ1) is 19.5. The molecule has 1 aliphatic rings. The van der Waals surface area contributed by atoms with Crippen LogP contribution in [0, 0.1) is 19.8 Å². The minimum absolute atomic E-state index is 0. The fourth-order valence-corrected chi connectivity index (χ4v) is 3.30. The number of amides is 1. The van der Waals surface area contributed by atoms with Gasteiger partial charge in [0.05, 0.1) is 5.69 Å². The van der Waals surface area contributed by atoms with Gasteiger partial charge in [0.25, 0.3) is 5.91 Å². The van der Waals surface area contributed by atoms with Gasteiger partial charge >= 0.3 is 0 Å². The van der Waals surface area contributed by atoms with Gasteiger partial charge in [0.1, 0.15) is 0 Å². The van der Waals surface area contributed by atoms with Crippen molar-refractivity contribution in [1.82, 2.24) is 15.1 Å². The van der Waals surface area contributed by atoms with Crippen molar-refractivity contribution in [2.45, 2.75) is 40.0 Å². The van der Waals surface area contributed by atoms with E-state index in [1.807, 2.05) is 11.6 Å². The van der Waals surface area contributed by atoms with Gasteiger partial charge in [-0.2, -0.15) is 5.10 Å². The Labute approximate surface area is 155 Å². The van der Waals surface area contributed by atoms with E-state index in [1.165, 1.54) is 16.8 Å². The van der Waals surface area contributed by atoms with Gasteiger partial charge in [-0.1, -0.05) is 24.6 Å². The summed E-state index contributed by atoms with van der Waals surface area (Å²) in [6.45, 7) is 7.35. The monoisotopic (exact) mass is 362 g/mol. The Hall–Kier alpha value is -1.85. The van der Waals surface area contributed by atoms with Crippen molar-refractivity contribution in [2.75, 3.05) is 13.1 Å². The first-order chi connectivity index (χ1) is 11.5. The van der Waals surface area contributed by atoms with Crippen LogP contribution in [0.15, 0.2) is 18.2 Å². The number of fused-ring (bicyclic) bond motifs is 1. The quantitative estimate of drug-likeness (QED) is 0.858. The molecule has 0 spiro atoms. The molecule has 25 heavy (non-hydrogen) atoms. The second kappa shape index (κ2) is 8.02. The van der Waals surface area contributed by atoms with E-state index in [4.69, 9.17) is 5.73 Å². The van der Waals surface area contributed by atoms with Gasteiger partial charge in [-0.3, -0.25) is 4.79 Å². The molecule has 1 unspecified atom stereocenters. The predicted octanol–water partition coefficient (Wildman–Crippen LogP) is 2.72. The lowest BCUT2D eigenvalue weighted by molar-refractivity contribution is 0.0942. The maximum atomic E-state index is 12.6. The normalized spacial score (nSPS) is 13.9. The molecule has 136 valence electrons. The molecule has 0 saturated carbocycles. The third-order valence-electron chi connectivity index (χ3n) is 4.74. The molecule has 0 radical (unpaired) electrons. The molecule has 2 aromatic rings. The van der Waals surface area contributed by atoms with Crippen molar-refractivity contribution in [3.8, 4) is 5.69 Å². The number of hydrogen-bond acceptors (Lipinski definition) is 3. The Bertz CT molecular complexity index is 769. The lowest BCUT2D eigenvalue weighted by Crippen LogP contribution is -2.32. The number of carbonyl (C=O) groups excluding carboxylic acids is 1. The molecule has 0 bridgehead atoms. The first-order valence-electron chi connectivity index (χ1n) is 8.68. The third-order valence-corrected chi connectivity index (χ3v) is 4.74. The fourth-order valence-electron chi connectivity index (χ4n) is 3.30. The lowest BCUT2D eigenvalue weighted by Gasteiger charge is -2.10. The number of halogens is 1. The topological polar surface area (TPSA) is 72.9 Å². The Morgan fingerprint density at radius 2 is 2.12 bits per heavy atom. The van der Waals surface area contributed by atoms with Crippen molar-refractivity contribution >= 4 is 18.3 Å². The summed E-state index contributed by atoms with van der Waals surface area (Å²) in [5.41, 5.74) is 12.0. The maximum Gasteiger partial charge on any atom is 0.272 e. The number of nitrogens with zero attached hydrogens (tertiary/aromatic N) is 2. The van der Waals surface area contributed by atoms with E-state index in [-0.39, 0.29) is 24.2 Å². The van der Waals surface area contributed by atoms with Crippen LogP contribution < -0.4 is 11.1 Å². The van der Waals surface area contributed by atoms with Crippen LogP contribution in [0.2, 0.25) is 0 Å². The lowest BCUT2D eigenvalue weighted by atomic mass is 10.1. The molecule has 1 amide bonds. The minimum Gasteiger partial charge on any atom is -0.350 e. The number of nitrogens with two attached hydrogens (primary N) is 1. The molecule has 1 heterocycles. The number of benzene rings is 1. The van der Waals surface area contributed by atoms with E-state index in [0.29, 0.717) is 18.8 Å². The Balaban J connectivity index is 0.00000225. The van der Waals surface area contributed by atoms with Crippen LogP contribution in [0.5, 0.6) is 0 Å². The van der Waals surface area contributed by atoms with Crippen molar-refractivity contribution in [2.24, 2.45) is 11.7 Å². The van der Waals surface area contributed by atoms with Crippen molar-refractivity contribution < 1.29 is 4.79 Å². The van der Waals surface area contributed by atoms with E-state index >= 15 is 0 Å². The van der Waals surface area contributed by atoms with Gasteiger partial charge < -0.3 is 11.1 Å². The molecule has 1 atom stereocenters. The van der Waals surface area contributed by atoms with E-state index in [0.717, 1.165) is 30.5 Å². The summed E-state index contributed by atoms with van der Waals surface area (Å²) in [6.07, 6.45) is 2.98. The summed E-state index contributed by atoms with van der Waals surface area (Å²) in [7, 11) is 0. The Kier molecular flexibility index (Phi) is 6.25. The van der Waals surface area contributed by atoms with E-state index in [1.54, 1.807) is 0 Å². The number of carbonyl (C=O) groups is 1. The van der Waals surface area contributed by atoms with Crippen LogP contribution >= 0.6 is 12.4 Å². The van der Waals surface area contributed by atoms with E-state index in [9.17, 15) is 4.79 Å². The first-order valence-corrected chi connectivity index (χ1v) is 8.68. The average Bonchev–Trinajstić information content (AvgIpc) is 3.15.